The van der Waals surface area contributed by atoms with E-state index in [1.54, 1.807) is 54.7 Å². The maximum absolute atomic E-state index is 12.4. The lowest BCUT2D eigenvalue weighted by atomic mass is 10.1. The smallest absolute Gasteiger partial charge is 0.269 e. The molecule has 0 unspecified atom stereocenters. The third kappa shape index (κ3) is 6.82. The number of nitrogens with one attached hydrogen (secondary N) is 3. The van der Waals surface area contributed by atoms with Crippen molar-refractivity contribution in [3.05, 3.63) is 102 Å². The largest absolute Gasteiger partial charge is 0.494 e. The van der Waals surface area contributed by atoms with Crippen LogP contribution in [0.2, 0.25) is 0 Å². The van der Waals surface area contributed by atoms with Crippen molar-refractivity contribution in [1.82, 2.24) is 21.2 Å². The fourth-order valence-corrected chi connectivity index (χ4v) is 3.48. The predicted octanol–water partition coefficient (Wildman–Crippen LogP) is 3.40. The minimum absolute atomic E-state index is 0.300. The van der Waals surface area contributed by atoms with Crippen molar-refractivity contribution in [1.29, 1.82) is 0 Å². The van der Waals surface area contributed by atoms with Crippen molar-refractivity contribution in [3.8, 4) is 11.5 Å². The Kier molecular flexibility index (Phi) is 8.28. The molecule has 0 aliphatic heterocycles. The molecule has 4 rings (SSSR count). The number of pyridine rings is 1. The highest BCUT2D eigenvalue weighted by Crippen LogP contribution is 2.24. The maximum atomic E-state index is 12.4. The molecule has 0 saturated heterocycles. The Balaban J connectivity index is 1.21. The fraction of sp³-hybridized carbons (Fsp3) is 0.143. The minimum atomic E-state index is -0.568. The summed E-state index contributed by atoms with van der Waals surface area (Å²) in [5, 5.41) is 3.49. The summed E-state index contributed by atoms with van der Waals surface area (Å²) < 4.78 is 11.3. The van der Waals surface area contributed by atoms with Gasteiger partial charge >= 0.3 is 0 Å². The van der Waals surface area contributed by atoms with Gasteiger partial charge in [0.05, 0.1) is 13.2 Å². The van der Waals surface area contributed by atoms with E-state index in [0.717, 1.165) is 16.5 Å². The van der Waals surface area contributed by atoms with E-state index in [-0.39, 0.29) is 6.54 Å². The van der Waals surface area contributed by atoms with Crippen LogP contribution in [0, 0.1) is 0 Å². The van der Waals surface area contributed by atoms with E-state index >= 15 is 0 Å². The van der Waals surface area contributed by atoms with Gasteiger partial charge < -0.3 is 14.8 Å². The van der Waals surface area contributed by atoms with Crippen LogP contribution in [0.1, 0.15) is 33.2 Å². The van der Waals surface area contributed by atoms with Crippen molar-refractivity contribution >= 4 is 28.6 Å². The molecular weight excluding hydrogens is 472 g/mol. The number of para-hydroxylation sites is 1. The Morgan fingerprint density at radius 3 is 2.24 bits per heavy atom. The average molecular weight is 499 g/mol. The molecule has 3 N–H and O–H groups in total. The molecule has 1 aromatic heterocycles. The third-order valence-electron chi connectivity index (χ3n) is 5.36. The summed E-state index contributed by atoms with van der Waals surface area (Å²) in [5.74, 6) is -0.140. The Morgan fingerprint density at radius 2 is 1.49 bits per heavy atom. The molecule has 37 heavy (non-hydrogen) atoms. The zero-order chi connectivity index (χ0) is 26.0. The molecule has 0 spiro atoms. The zero-order valence-electron chi connectivity index (χ0n) is 20.2. The van der Waals surface area contributed by atoms with Crippen LogP contribution in [0.3, 0.4) is 0 Å². The molecule has 0 atom stereocenters. The predicted molar refractivity (Wildman–Crippen MR) is 138 cm³/mol. The number of carbonyl (C=O) groups is 3. The second kappa shape index (κ2) is 12.2. The van der Waals surface area contributed by atoms with Gasteiger partial charge in [-0.2, -0.15) is 0 Å². The quantitative estimate of drug-likeness (QED) is 0.305. The highest BCUT2D eigenvalue weighted by Gasteiger charge is 2.11. The second-order valence-corrected chi connectivity index (χ2v) is 7.96. The average Bonchev–Trinajstić information content (AvgIpc) is 2.94. The first-order chi connectivity index (χ1) is 18.0. The van der Waals surface area contributed by atoms with Gasteiger partial charge in [0.2, 0.25) is 0 Å². The Bertz CT molecular complexity index is 1380. The van der Waals surface area contributed by atoms with Crippen LogP contribution in [-0.4, -0.2) is 35.9 Å². The third-order valence-corrected chi connectivity index (χ3v) is 5.36. The van der Waals surface area contributed by atoms with E-state index in [1.807, 2.05) is 37.3 Å². The lowest BCUT2D eigenvalue weighted by Gasteiger charge is -2.10. The van der Waals surface area contributed by atoms with Gasteiger partial charge in [0.15, 0.2) is 0 Å². The van der Waals surface area contributed by atoms with E-state index in [4.69, 9.17) is 9.47 Å². The summed E-state index contributed by atoms with van der Waals surface area (Å²) in [6.45, 7) is 2.41. The number of fused-ring (bicyclic) bond motifs is 1. The van der Waals surface area contributed by atoms with Gasteiger partial charge in [0, 0.05) is 22.7 Å². The van der Waals surface area contributed by atoms with Crippen molar-refractivity contribution in [2.45, 2.75) is 13.5 Å². The highest BCUT2D eigenvalue weighted by molar-refractivity contribution is 5.98. The van der Waals surface area contributed by atoms with Crippen molar-refractivity contribution in [3.63, 3.8) is 0 Å². The first kappa shape index (κ1) is 25.2. The minimum Gasteiger partial charge on any atom is -0.494 e. The highest BCUT2D eigenvalue weighted by atomic mass is 16.5. The molecule has 3 amide bonds. The normalized spacial score (nSPS) is 10.4. The number of nitrogens with zero attached hydrogens (tertiary/aromatic N) is 1. The van der Waals surface area contributed by atoms with Gasteiger partial charge in [-0.3, -0.25) is 30.2 Å². The number of rotatable bonds is 9. The number of aromatic nitrogens is 1. The number of carbonyl (C=O) groups excluding carboxylic acids is 3. The SMILES string of the molecule is CCOc1ccc(C(=O)NCC(=O)NNC(=O)c2ccc(COc3cccc4cccnc34)cc2)cc1. The summed E-state index contributed by atoms with van der Waals surface area (Å²) in [6.07, 6.45) is 1.72. The van der Waals surface area contributed by atoms with Gasteiger partial charge in [0.25, 0.3) is 17.7 Å². The van der Waals surface area contributed by atoms with E-state index in [9.17, 15) is 14.4 Å². The molecule has 0 fully saturated rings. The van der Waals surface area contributed by atoms with E-state index in [1.165, 1.54) is 0 Å². The van der Waals surface area contributed by atoms with Gasteiger partial charge in [-0.05, 0) is 61.0 Å². The molecule has 0 radical (unpaired) electrons. The summed E-state index contributed by atoms with van der Waals surface area (Å²) in [5.41, 5.74) is 7.02. The molecule has 3 aromatic carbocycles. The summed E-state index contributed by atoms with van der Waals surface area (Å²) in [4.78, 5) is 41.0. The monoisotopic (exact) mass is 498 g/mol. The second-order valence-electron chi connectivity index (χ2n) is 7.96. The Morgan fingerprint density at radius 1 is 0.784 bits per heavy atom. The summed E-state index contributed by atoms with van der Waals surface area (Å²) in [6, 6.07) is 23.0. The molecular formula is C28H26N4O5. The molecule has 4 aromatic rings. The van der Waals surface area contributed by atoms with E-state index in [2.05, 4.69) is 21.2 Å². The number of hydrogen-bond acceptors (Lipinski definition) is 6. The molecule has 0 aliphatic rings. The molecule has 9 heteroatoms. The first-order valence-corrected chi connectivity index (χ1v) is 11.7. The summed E-state index contributed by atoms with van der Waals surface area (Å²) in [7, 11) is 0. The number of hydrogen-bond donors (Lipinski definition) is 3. The maximum Gasteiger partial charge on any atom is 0.269 e. The standard InChI is InChI=1S/C28H26N4O5/c1-2-36-23-14-12-21(13-15-23)27(34)30-17-25(33)31-32-28(35)22-10-8-19(9-11-22)18-37-24-7-3-5-20-6-4-16-29-26(20)24/h3-16H,2,17-18H2,1H3,(H,30,34)(H,31,33)(H,32,35). The zero-order valence-corrected chi connectivity index (χ0v) is 20.2. The van der Waals surface area contributed by atoms with Crippen LogP contribution < -0.4 is 25.6 Å². The van der Waals surface area contributed by atoms with Crippen LogP contribution in [0.5, 0.6) is 11.5 Å². The Labute approximate surface area is 213 Å². The molecule has 188 valence electrons. The van der Waals surface area contributed by atoms with Crippen LogP contribution in [0.15, 0.2) is 85.1 Å². The van der Waals surface area contributed by atoms with Gasteiger partial charge in [-0.25, -0.2) is 0 Å². The van der Waals surface area contributed by atoms with Crippen molar-refractivity contribution in [2.24, 2.45) is 0 Å². The van der Waals surface area contributed by atoms with Crippen molar-refractivity contribution < 1.29 is 23.9 Å². The van der Waals surface area contributed by atoms with Gasteiger partial charge in [-0.1, -0.05) is 30.3 Å². The molecule has 9 nitrogen and oxygen atoms in total. The fourth-order valence-electron chi connectivity index (χ4n) is 3.48. The van der Waals surface area contributed by atoms with Gasteiger partial charge in [-0.15, -0.1) is 0 Å². The number of hydrazine groups is 1. The van der Waals surface area contributed by atoms with E-state index < -0.39 is 17.7 Å². The molecule has 0 bridgehead atoms. The van der Waals surface area contributed by atoms with Crippen LogP contribution in [-0.2, 0) is 11.4 Å². The number of ether oxygens (including phenoxy) is 2. The number of amides is 3. The van der Waals surface area contributed by atoms with Gasteiger partial charge in [0.1, 0.15) is 23.6 Å². The van der Waals surface area contributed by atoms with Crippen molar-refractivity contribution in [2.75, 3.05) is 13.2 Å². The van der Waals surface area contributed by atoms with E-state index in [0.29, 0.717) is 35.8 Å². The lowest BCUT2D eigenvalue weighted by molar-refractivity contribution is -0.120. The molecule has 0 saturated carbocycles. The van der Waals surface area contributed by atoms with Crippen LogP contribution in [0.25, 0.3) is 10.9 Å². The topological polar surface area (TPSA) is 119 Å². The number of benzene rings is 3. The summed E-state index contributed by atoms with van der Waals surface area (Å²) >= 11 is 0. The van der Waals surface area contributed by atoms with Crippen LogP contribution >= 0.6 is 0 Å². The first-order valence-electron chi connectivity index (χ1n) is 11.7. The molecule has 1 heterocycles. The van der Waals surface area contributed by atoms with Crippen LogP contribution in [0.4, 0.5) is 0 Å². The molecule has 0 aliphatic carbocycles. The lowest BCUT2D eigenvalue weighted by Crippen LogP contribution is -2.46. The Hall–Kier alpha value is -4.92.